The zero-order chi connectivity index (χ0) is 22.9. The second kappa shape index (κ2) is 8.43. The fourth-order valence-electron chi connectivity index (χ4n) is 3.30. The summed E-state index contributed by atoms with van der Waals surface area (Å²) in [5.74, 6) is -0.359. The average molecular weight is 450 g/mol. The predicted octanol–water partition coefficient (Wildman–Crippen LogP) is 4.09. The van der Waals surface area contributed by atoms with Crippen molar-refractivity contribution in [3.8, 4) is 0 Å². The molecular formula is C23H23N5O3S. The molecule has 0 fully saturated rings. The molecule has 32 heavy (non-hydrogen) atoms. The standard InChI is InChI=1S/C23H23N5O3S/c1-16(2)28-22-18(14-25-28)13-19(15-24-22)26-23(29)17-9-11-21(12-10-17)32(30,31)27(3)20-7-5-4-6-8-20/h4-16H,1-3H3,(H,26,29). The number of carbonyl (C=O) groups excluding carboxylic acids is 1. The van der Waals surface area contributed by atoms with Crippen LogP contribution < -0.4 is 9.62 Å². The normalized spacial score (nSPS) is 11.6. The Morgan fingerprint density at radius 1 is 1.03 bits per heavy atom. The predicted molar refractivity (Wildman–Crippen MR) is 124 cm³/mol. The van der Waals surface area contributed by atoms with E-state index in [1.54, 1.807) is 42.7 Å². The Bertz CT molecular complexity index is 1360. The van der Waals surface area contributed by atoms with Gasteiger partial charge in [0, 0.05) is 24.0 Å². The van der Waals surface area contributed by atoms with Crippen LogP contribution in [0.5, 0.6) is 0 Å². The van der Waals surface area contributed by atoms with Gasteiger partial charge < -0.3 is 5.32 Å². The smallest absolute Gasteiger partial charge is 0.264 e. The van der Waals surface area contributed by atoms with Crippen LogP contribution in [-0.4, -0.2) is 36.1 Å². The monoisotopic (exact) mass is 449 g/mol. The number of aromatic nitrogens is 3. The molecule has 1 amide bonds. The lowest BCUT2D eigenvalue weighted by molar-refractivity contribution is 0.102. The Morgan fingerprint density at radius 3 is 2.38 bits per heavy atom. The maximum atomic E-state index is 12.9. The number of rotatable bonds is 6. The van der Waals surface area contributed by atoms with Gasteiger partial charge in [0.2, 0.25) is 0 Å². The molecule has 8 nitrogen and oxygen atoms in total. The first-order valence-corrected chi connectivity index (χ1v) is 11.5. The Morgan fingerprint density at radius 2 is 1.72 bits per heavy atom. The highest BCUT2D eigenvalue weighted by molar-refractivity contribution is 7.92. The average Bonchev–Trinajstić information content (AvgIpc) is 3.23. The maximum absolute atomic E-state index is 12.9. The summed E-state index contributed by atoms with van der Waals surface area (Å²) in [6, 6.07) is 16.6. The van der Waals surface area contributed by atoms with Crippen LogP contribution in [0.1, 0.15) is 30.2 Å². The number of carbonyl (C=O) groups is 1. The second-order valence-electron chi connectivity index (χ2n) is 7.61. The van der Waals surface area contributed by atoms with E-state index in [0.717, 1.165) is 11.0 Å². The van der Waals surface area contributed by atoms with Gasteiger partial charge in [-0.15, -0.1) is 0 Å². The third kappa shape index (κ3) is 4.06. The number of nitrogens with one attached hydrogen (secondary N) is 1. The molecular weight excluding hydrogens is 426 g/mol. The molecule has 2 aromatic heterocycles. The summed E-state index contributed by atoms with van der Waals surface area (Å²) < 4.78 is 28.8. The van der Waals surface area contributed by atoms with Gasteiger partial charge in [-0.05, 0) is 56.3 Å². The number of fused-ring (bicyclic) bond motifs is 1. The van der Waals surface area contributed by atoms with Crippen LogP contribution in [0.4, 0.5) is 11.4 Å². The fraction of sp³-hybridized carbons (Fsp3) is 0.174. The molecule has 0 aliphatic heterocycles. The minimum atomic E-state index is -3.74. The number of nitrogens with zero attached hydrogens (tertiary/aromatic N) is 4. The number of sulfonamides is 1. The molecule has 1 N–H and O–H groups in total. The van der Waals surface area contributed by atoms with Gasteiger partial charge in [-0.25, -0.2) is 18.1 Å². The minimum absolute atomic E-state index is 0.101. The summed E-state index contributed by atoms with van der Waals surface area (Å²) in [7, 11) is -2.24. The highest BCUT2D eigenvalue weighted by Gasteiger charge is 2.21. The van der Waals surface area contributed by atoms with E-state index in [1.165, 1.54) is 35.6 Å². The van der Waals surface area contributed by atoms with Crippen molar-refractivity contribution in [1.29, 1.82) is 0 Å². The summed E-state index contributed by atoms with van der Waals surface area (Å²) in [6.45, 7) is 4.04. The van der Waals surface area contributed by atoms with Gasteiger partial charge >= 0.3 is 0 Å². The molecule has 2 heterocycles. The highest BCUT2D eigenvalue weighted by Crippen LogP contribution is 2.23. The minimum Gasteiger partial charge on any atom is -0.321 e. The van der Waals surface area contributed by atoms with E-state index in [2.05, 4.69) is 15.4 Å². The van der Waals surface area contributed by atoms with E-state index in [9.17, 15) is 13.2 Å². The molecule has 0 atom stereocenters. The number of pyridine rings is 1. The van der Waals surface area contributed by atoms with Crippen molar-refractivity contribution in [1.82, 2.24) is 14.8 Å². The summed E-state index contributed by atoms with van der Waals surface area (Å²) in [4.78, 5) is 17.2. The van der Waals surface area contributed by atoms with Crippen molar-refractivity contribution in [2.45, 2.75) is 24.8 Å². The van der Waals surface area contributed by atoms with Crippen molar-refractivity contribution in [3.63, 3.8) is 0 Å². The SMILES string of the molecule is CC(C)n1ncc2cc(NC(=O)c3ccc(S(=O)(=O)N(C)c4ccccc4)cc3)cnc21. The van der Waals surface area contributed by atoms with Gasteiger partial charge in [0.05, 0.1) is 28.7 Å². The lowest BCUT2D eigenvalue weighted by Gasteiger charge is -2.19. The molecule has 0 unspecified atom stereocenters. The number of para-hydroxylation sites is 1. The zero-order valence-electron chi connectivity index (χ0n) is 17.9. The van der Waals surface area contributed by atoms with E-state index in [1.807, 2.05) is 24.6 Å². The third-order valence-corrected chi connectivity index (χ3v) is 6.87. The topological polar surface area (TPSA) is 97.2 Å². The third-order valence-electron chi connectivity index (χ3n) is 5.08. The molecule has 0 aliphatic rings. The molecule has 0 spiro atoms. The Hall–Kier alpha value is -3.72. The van der Waals surface area contributed by atoms with Crippen LogP contribution in [0, 0.1) is 0 Å². The Balaban J connectivity index is 1.51. The van der Waals surface area contributed by atoms with Crippen molar-refractivity contribution in [2.75, 3.05) is 16.7 Å². The highest BCUT2D eigenvalue weighted by atomic mass is 32.2. The molecule has 0 saturated carbocycles. The van der Waals surface area contributed by atoms with E-state index in [-0.39, 0.29) is 16.8 Å². The molecule has 9 heteroatoms. The van der Waals surface area contributed by atoms with Gasteiger partial charge in [-0.2, -0.15) is 5.10 Å². The Labute approximate surface area is 186 Å². The molecule has 4 rings (SSSR count). The van der Waals surface area contributed by atoms with Gasteiger partial charge in [-0.3, -0.25) is 9.10 Å². The molecule has 4 aromatic rings. The van der Waals surface area contributed by atoms with Gasteiger partial charge in [0.1, 0.15) is 0 Å². The van der Waals surface area contributed by atoms with Crippen LogP contribution in [0.2, 0.25) is 0 Å². The second-order valence-corrected chi connectivity index (χ2v) is 9.58. The number of anilines is 2. The van der Waals surface area contributed by atoms with Crippen molar-refractivity contribution in [3.05, 3.63) is 78.6 Å². The number of benzene rings is 2. The largest absolute Gasteiger partial charge is 0.321 e. The molecule has 0 radical (unpaired) electrons. The number of hydrogen-bond acceptors (Lipinski definition) is 5. The molecule has 0 saturated heterocycles. The van der Waals surface area contributed by atoms with Crippen molar-refractivity contribution in [2.24, 2.45) is 0 Å². The number of hydrogen-bond donors (Lipinski definition) is 1. The van der Waals surface area contributed by atoms with Gasteiger partial charge in [-0.1, -0.05) is 18.2 Å². The van der Waals surface area contributed by atoms with Crippen LogP contribution in [0.25, 0.3) is 11.0 Å². The first-order chi connectivity index (χ1) is 15.3. The van der Waals surface area contributed by atoms with Gasteiger partial charge in [0.25, 0.3) is 15.9 Å². The lowest BCUT2D eigenvalue weighted by Crippen LogP contribution is -2.26. The van der Waals surface area contributed by atoms with Crippen molar-refractivity contribution >= 4 is 38.3 Å². The van der Waals surface area contributed by atoms with E-state index in [4.69, 9.17) is 0 Å². The van der Waals surface area contributed by atoms with Crippen LogP contribution in [0.3, 0.4) is 0 Å². The maximum Gasteiger partial charge on any atom is 0.264 e. The van der Waals surface area contributed by atoms with E-state index < -0.39 is 10.0 Å². The quantitative estimate of drug-likeness (QED) is 0.478. The molecule has 0 bridgehead atoms. The van der Waals surface area contributed by atoms with Gasteiger partial charge in [0.15, 0.2) is 5.65 Å². The van der Waals surface area contributed by atoms with Crippen LogP contribution in [0.15, 0.2) is 78.0 Å². The summed E-state index contributed by atoms with van der Waals surface area (Å²) in [5.41, 5.74) is 2.17. The van der Waals surface area contributed by atoms with Crippen molar-refractivity contribution < 1.29 is 13.2 Å². The first kappa shape index (κ1) is 21.5. The zero-order valence-corrected chi connectivity index (χ0v) is 18.7. The van der Waals surface area contributed by atoms with Crippen LogP contribution >= 0.6 is 0 Å². The molecule has 2 aromatic carbocycles. The van der Waals surface area contributed by atoms with Crippen LogP contribution in [-0.2, 0) is 10.0 Å². The lowest BCUT2D eigenvalue weighted by atomic mass is 10.2. The molecule has 164 valence electrons. The fourth-order valence-corrected chi connectivity index (χ4v) is 4.50. The van der Waals surface area contributed by atoms with E-state index in [0.29, 0.717) is 16.9 Å². The summed E-state index contributed by atoms with van der Waals surface area (Å²) >= 11 is 0. The Kier molecular flexibility index (Phi) is 5.67. The van der Waals surface area contributed by atoms with E-state index >= 15 is 0 Å². The first-order valence-electron chi connectivity index (χ1n) is 10.1. The number of amides is 1. The molecule has 0 aliphatic carbocycles. The summed E-state index contributed by atoms with van der Waals surface area (Å²) in [5, 5.41) is 7.94. The summed E-state index contributed by atoms with van der Waals surface area (Å²) in [6.07, 6.45) is 3.29.